The number of pyridine rings is 1. The van der Waals surface area contributed by atoms with E-state index in [0.29, 0.717) is 12.1 Å². The first-order valence-corrected chi connectivity index (χ1v) is 11.2. The van der Waals surface area contributed by atoms with Gasteiger partial charge in [0, 0.05) is 42.3 Å². The number of Topliss-reactive ketones (excluding diaryl/α,β-unsaturated/α-hetero) is 1. The van der Waals surface area contributed by atoms with Crippen molar-refractivity contribution >= 4 is 5.78 Å². The predicted molar refractivity (Wildman–Crippen MR) is 122 cm³/mol. The highest BCUT2D eigenvalue weighted by atomic mass is 16.5. The fraction of sp³-hybridized carbons (Fsp3) is 0.385. The van der Waals surface area contributed by atoms with E-state index in [1.165, 1.54) is 6.20 Å². The van der Waals surface area contributed by atoms with Crippen LogP contribution in [0.25, 0.3) is 11.1 Å². The van der Waals surface area contributed by atoms with Crippen LogP contribution < -0.4 is 10.0 Å². The Labute approximate surface area is 188 Å². The number of carbonyl (C=O) groups is 1. The molecule has 0 bridgehead atoms. The maximum Gasteiger partial charge on any atom is 0.190 e. The molecule has 1 aromatic heterocycles. The number of nitrogens with one attached hydrogen (secondary N) is 1. The third-order valence-corrected chi connectivity index (χ3v) is 7.10. The van der Waals surface area contributed by atoms with Gasteiger partial charge in [-0.25, -0.2) is 0 Å². The van der Waals surface area contributed by atoms with E-state index in [1.807, 2.05) is 30.5 Å². The number of hydrogen-bond acceptors (Lipinski definition) is 5. The van der Waals surface area contributed by atoms with Crippen molar-refractivity contribution < 1.29 is 9.52 Å². The zero-order valence-electron chi connectivity index (χ0n) is 19.0. The van der Waals surface area contributed by atoms with E-state index in [0.717, 1.165) is 51.1 Å². The Morgan fingerprint density at radius 3 is 2.72 bits per heavy atom. The first-order valence-electron chi connectivity index (χ1n) is 11.2. The van der Waals surface area contributed by atoms with E-state index in [-0.39, 0.29) is 17.4 Å². The van der Waals surface area contributed by atoms with E-state index >= 15 is 0 Å². The lowest BCUT2D eigenvalue weighted by Crippen LogP contribution is -2.51. The van der Waals surface area contributed by atoms with Crippen LogP contribution in [-0.4, -0.2) is 11.9 Å². The third-order valence-electron chi connectivity index (χ3n) is 7.10. The van der Waals surface area contributed by atoms with Crippen LogP contribution >= 0.6 is 0 Å². The van der Waals surface area contributed by atoms with Crippen LogP contribution in [-0.2, 0) is 10.2 Å². The van der Waals surface area contributed by atoms with E-state index in [2.05, 4.69) is 48.4 Å². The normalized spacial score (nSPS) is 25.8. The molecule has 0 amide bonds. The molecule has 32 heavy (non-hydrogen) atoms. The standard InChI is InChI=1S/C26H28N4O2/c1-5-26(19-8-6-7-17(12-19)18-9-10-30(32)16(2)11-18)20-15-27-29-24(20)28-21-13-25(3,4)14-22(31)23(21)26/h6-12,15,24,28H,5,13-14H2,1-4H3/t24?,26-/m0/s1. The Bertz CT molecular complexity index is 1220. The molecule has 0 saturated heterocycles. The molecule has 1 unspecified atom stereocenters. The summed E-state index contributed by atoms with van der Waals surface area (Å²) in [6.07, 6.45) is 5.22. The van der Waals surface area contributed by atoms with Crippen LogP contribution in [0.5, 0.6) is 0 Å². The number of rotatable bonds is 3. The quantitative estimate of drug-likeness (QED) is 0.560. The van der Waals surface area contributed by atoms with Crippen LogP contribution in [0.4, 0.5) is 0 Å². The molecule has 3 heterocycles. The monoisotopic (exact) mass is 428 g/mol. The molecule has 1 N–H and O–H groups in total. The van der Waals surface area contributed by atoms with Crippen molar-refractivity contribution in [2.24, 2.45) is 15.6 Å². The highest BCUT2D eigenvalue weighted by Gasteiger charge is 2.52. The highest BCUT2D eigenvalue weighted by Crippen LogP contribution is 2.53. The molecule has 1 aromatic carbocycles. The van der Waals surface area contributed by atoms with Crippen LogP contribution in [0.15, 0.2) is 75.9 Å². The zero-order chi connectivity index (χ0) is 22.7. The fourth-order valence-electron chi connectivity index (χ4n) is 5.64. The molecule has 0 spiro atoms. The molecule has 2 aromatic rings. The van der Waals surface area contributed by atoms with Crippen molar-refractivity contribution in [3.05, 3.63) is 82.1 Å². The number of hydrogen-bond donors (Lipinski definition) is 1. The van der Waals surface area contributed by atoms with Crippen molar-refractivity contribution in [3.63, 3.8) is 0 Å². The van der Waals surface area contributed by atoms with Gasteiger partial charge < -0.3 is 10.5 Å². The molecule has 2 aliphatic heterocycles. The van der Waals surface area contributed by atoms with Crippen LogP contribution in [0.1, 0.15) is 51.3 Å². The smallest absolute Gasteiger partial charge is 0.190 e. The topological polar surface area (TPSA) is 80.8 Å². The largest absolute Gasteiger partial charge is 0.619 e. The van der Waals surface area contributed by atoms with Gasteiger partial charge in [0.15, 0.2) is 23.8 Å². The number of aromatic nitrogens is 1. The number of carbonyl (C=O) groups excluding carboxylic acids is 1. The van der Waals surface area contributed by atoms with Gasteiger partial charge in [0.1, 0.15) is 0 Å². The summed E-state index contributed by atoms with van der Waals surface area (Å²) in [5, 5.41) is 24.0. The Balaban J connectivity index is 1.72. The van der Waals surface area contributed by atoms with Gasteiger partial charge in [0.2, 0.25) is 0 Å². The molecular formula is C26H28N4O2. The van der Waals surface area contributed by atoms with Gasteiger partial charge in [0.05, 0.1) is 11.6 Å². The zero-order valence-corrected chi connectivity index (χ0v) is 19.0. The maximum atomic E-state index is 13.6. The molecular weight excluding hydrogens is 400 g/mol. The second-order valence-corrected chi connectivity index (χ2v) is 9.88. The number of ketones is 1. The Hall–Kier alpha value is -3.28. The van der Waals surface area contributed by atoms with E-state index in [4.69, 9.17) is 0 Å². The minimum absolute atomic E-state index is 0.0868. The molecule has 1 aliphatic carbocycles. The van der Waals surface area contributed by atoms with Gasteiger partial charge in [-0.15, -0.1) is 0 Å². The second-order valence-electron chi connectivity index (χ2n) is 9.88. The lowest BCUT2D eigenvalue weighted by Gasteiger charge is -2.47. The number of allylic oxidation sites excluding steroid dienone is 2. The number of azo groups is 1. The van der Waals surface area contributed by atoms with Crippen molar-refractivity contribution in [3.8, 4) is 11.1 Å². The second kappa shape index (κ2) is 7.12. The van der Waals surface area contributed by atoms with Gasteiger partial charge in [-0.05, 0) is 41.0 Å². The molecule has 6 nitrogen and oxygen atoms in total. The summed E-state index contributed by atoms with van der Waals surface area (Å²) in [6.45, 7) is 8.23. The summed E-state index contributed by atoms with van der Waals surface area (Å²) in [5.74, 6) is 0.199. The van der Waals surface area contributed by atoms with Gasteiger partial charge in [-0.2, -0.15) is 15.0 Å². The summed E-state index contributed by atoms with van der Waals surface area (Å²) >= 11 is 0. The SMILES string of the molecule is CC[C@]1(c2cccc(-c3cc[n+]([O-])c(C)c3)c2)C2=CN=NC2NC2=C1C(=O)CC(C)(C)C2. The molecule has 164 valence electrons. The van der Waals surface area contributed by atoms with Gasteiger partial charge >= 0.3 is 0 Å². The molecule has 0 radical (unpaired) electrons. The van der Waals surface area contributed by atoms with Crippen LogP contribution in [0, 0.1) is 17.5 Å². The summed E-state index contributed by atoms with van der Waals surface area (Å²) in [4.78, 5) is 13.6. The van der Waals surface area contributed by atoms with E-state index < -0.39 is 5.41 Å². The molecule has 0 fully saturated rings. The van der Waals surface area contributed by atoms with Crippen molar-refractivity contribution in [1.82, 2.24) is 5.32 Å². The van der Waals surface area contributed by atoms with Crippen LogP contribution in [0.3, 0.4) is 0 Å². The Morgan fingerprint density at radius 2 is 1.97 bits per heavy atom. The first kappa shape index (κ1) is 20.6. The number of benzene rings is 1. The van der Waals surface area contributed by atoms with Crippen molar-refractivity contribution in [2.45, 2.75) is 58.5 Å². The van der Waals surface area contributed by atoms with Crippen molar-refractivity contribution in [1.29, 1.82) is 0 Å². The summed E-state index contributed by atoms with van der Waals surface area (Å²) in [7, 11) is 0. The number of fused-ring (bicyclic) bond motifs is 1. The predicted octanol–water partition coefficient (Wildman–Crippen LogP) is 4.87. The molecule has 2 atom stereocenters. The summed E-state index contributed by atoms with van der Waals surface area (Å²) < 4.78 is 0.865. The fourth-order valence-corrected chi connectivity index (χ4v) is 5.64. The number of nitrogens with zero attached hydrogens (tertiary/aromatic N) is 3. The summed E-state index contributed by atoms with van der Waals surface area (Å²) in [5.41, 5.74) is 5.96. The van der Waals surface area contributed by atoms with Gasteiger partial charge in [-0.3, -0.25) is 4.79 Å². The highest BCUT2D eigenvalue weighted by molar-refractivity contribution is 6.01. The lowest BCUT2D eigenvalue weighted by molar-refractivity contribution is -0.612. The maximum absolute atomic E-state index is 13.6. The first-order chi connectivity index (χ1) is 15.2. The average Bonchev–Trinajstić information content (AvgIpc) is 3.22. The Kier molecular flexibility index (Phi) is 4.59. The Morgan fingerprint density at radius 1 is 1.19 bits per heavy atom. The minimum atomic E-state index is -0.569. The molecule has 6 heteroatoms. The molecule has 0 saturated carbocycles. The minimum Gasteiger partial charge on any atom is -0.619 e. The molecule has 5 rings (SSSR count). The van der Waals surface area contributed by atoms with Gasteiger partial charge in [0.25, 0.3) is 0 Å². The van der Waals surface area contributed by atoms with Crippen LogP contribution in [0.2, 0.25) is 0 Å². The third kappa shape index (κ3) is 3.00. The van der Waals surface area contributed by atoms with E-state index in [1.54, 1.807) is 6.92 Å². The van der Waals surface area contributed by atoms with E-state index in [9.17, 15) is 10.0 Å². The number of aryl methyl sites for hydroxylation is 1. The lowest BCUT2D eigenvalue weighted by atomic mass is 9.58. The summed E-state index contributed by atoms with van der Waals surface area (Å²) in [6, 6.07) is 12.1. The van der Waals surface area contributed by atoms with Crippen molar-refractivity contribution in [2.75, 3.05) is 0 Å². The molecule has 3 aliphatic rings. The van der Waals surface area contributed by atoms with Gasteiger partial charge in [-0.1, -0.05) is 39.0 Å². The average molecular weight is 429 g/mol.